The van der Waals surface area contributed by atoms with Gasteiger partial charge in [-0.25, -0.2) is 9.59 Å². The molecule has 4 heterocycles. The number of rotatable bonds is 6. The van der Waals surface area contributed by atoms with Crippen molar-refractivity contribution in [1.82, 2.24) is 19.1 Å². The standard InChI is InChI=1S/2C11H15N3O5/c2*1-7-4-14(10(17)13-9(7)16)8-2-3-11(6-15,19-8)5-12-18/h2*4-5,8,15,18H,2-3,6H2,1H3,(H,13,16,17)/b12-5+;12-5-/t8-,11-;8-,11+/m11/s1. The summed E-state index contributed by atoms with van der Waals surface area (Å²) in [6.45, 7) is 2.45. The van der Waals surface area contributed by atoms with E-state index in [2.05, 4.69) is 20.3 Å². The van der Waals surface area contributed by atoms with Crippen LogP contribution in [0.4, 0.5) is 0 Å². The van der Waals surface area contributed by atoms with Gasteiger partial charge < -0.3 is 30.1 Å². The van der Waals surface area contributed by atoms with E-state index in [4.69, 9.17) is 19.9 Å². The first-order valence-electron chi connectivity index (χ1n) is 11.6. The van der Waals surface area contributed by atoms with Gasteiger partial charge in [-0.05, 0) is 39.5 Å². The molecule has 2 saturated heterocycles. The molecule has 6 N–H and O–H groups in total. The van der Waals surface area contributed by atoms with Crippen LogP contribution in [0.5, 0.6) is 0 Å². The average molecular weight is 539 g/mol. The second kappa shape index (κ2) is 11.7. The smallest absolute Gasteiger partial charge is 0.330 e. The van der Waals surface area contributed by atoms with E-state index in [1.807, 2.05) is 0 Å². The predicted molar refractivity (Wildman–Crippen MR) is 131 cm³/mol. The third kappa shape index (κ3) is 5.99. The molecule has 0 aromatic carbocycles. The van der Waals surface area contributed by atoms with Crippen LogP contribution in [0, 0.1) is 13.8 Å². The number of ether oxygens (including phenoxy) is 2. The first-order valence-corrected chi connectivity index (χ1v) is 11.6. The number of nitrogens with one attached hydrogen (secondary N) is 2. The number of nitrogens with zero attached hydrogens (tertiary/aromatic N) is 4. The van der Waals surface area contributed by atoms with Crippen LogP contribution in [0.2, 0.25) is 0 Å². The normalized spacial score (nSPS) is 27.2. The summed E-state index contributed by atoms with van der Waals surface area (Å²) in [6, 6.07) is 0. The number of aromatic nitrogens is 4. The van der Waals surface area contributed by atoms with Gasteiger partial charge in [0.05, 0.1) is 25.6 Å². The number of hydrogen-bond donors (Lipinski definition) is 6. The van der Waals surface area contributed by atoms with Crippen LogP contribution in [0.1, 0.15) is 49.3 Å². The van der Waals surface area contributed by atoms with Gasteiger partial charge in [0.25, 0.3) is 11.1 Å². The van der Waals surface area contributed by atoms with Crippen LogP contribution in [0.3, 0.4) is 0 Å². The molecule has 2 aliphatic rings. The highest BCUT2D eigenvalue weighted by Gasteiger charge is 2.41. The second-order valence-electron chi connectivity index (χ2n) is 9.11. The number of hydrogen-bond acceptors (Lipinski definition) is 12. The van der Waals surface area contributed by atoms with Crippen molar-refractivity contribution in [3.8, 4) is 0 Å². The highest BCUT2D eigenvalue weighted by Crippen LogP contribution is 2.35. The van der Waals surface area contributed by atoms with Crippen molar-refractivity contribution in [3.05, 3.63) is 65.2 Å². The summed E-state index contributed by atoms with van der Waals surface area (Å²) in [5.74, 6) is 0. The van der Waals surface area contributed by atoms with E-state index in [9.17, 15) is 29.4 Å². The fourth-order valence-corrected chi connectivity index (χ4v) is 4.22. The number of aliphatic hydroxyl groups is 2. The lowest BCUT2D eigenvalue weighted by molar-refractivity contribution is -0.0573. The van der Waals surface area contributed by atoms with E-state index in [0.717, 1.165) is 12.4 Å². The van der Waals surface area contributed by atoms with Crippen molar-refractivity contribution in [3.63, 3.8) is 0 Å². The number of oxime groups is 2. The highest BCUT2D eigenvalue weighted by molar-refractivity contribution is 5.69. The molecule has 4 rings (SSSR count). The monoisotopic (exact) mass is 538 g/mol. The molecule has 0 unspecified atom stereocenters. The van der Waals surface area contributed by atoms with E-state index in [0.29, 0.717) is 36.8 Å². The fraction of sp³-hybridized carbons (Fsp3) is 0.545. The van der Waals surface area contributed by atoms with E-state index in [1.54, 1.807) is 13.8 Å². The Morgan fingerprint density at radius 2 is 1.21 bits per heavy atom. The maximum Gasteiger partial charge on any atom is 0.330 e. The molecule has 2 aromatic rings. The van der Waals surface area contributed by atoms with E-state index in [1.165, 1.54) is 21.5 Å². The Balaban J connectivity index is 0.000000211. The minimum absolute atomic E-state index is 0.357. The van der Waals surface area contributed by atoms with Gasteiger partial charge in [0.2, 0.25) is 0 Å². The Kier molecular flexibility index (Phi) is 8.82. The lowest BCUT2D eigenvalue weighted by atomic mass is 10.0. The topological polar surface area (TPSA) is 234 Å². The van der Waals surface area contributed by atoms with E-state index >= 15 is 0 Å². The molecular weight excluding hydrogens is 508 g/mol. The fourth-order valence-electron chi connectivity index (χ4n) is 4.22. The first-order chi connectivity index (χ1) is 18.0. The molecule has 0 amide bonds. The summed E-state index contributed by atoms with van der Waals surface area (Å²) in [5.41, 5.74) is -3.44. The van der Waals surface area contributed by atoms with Gasteiger partial charge in [-0.15, -0.1) is 0 Å². The Morgan fingerprint density at radius 3 is 1.53 bits per heavy atom. The van der Waals surface area contributed by atoms with Gasteiger partial charge in [0, 0.05) is 23.5 Å². The van der Waals surface area contributed by atoms with Crippen molar-refractivity contribution in [1.29, 1.82) is 0 Å². The van der Waals surface area contributed by atoms with Gasteiger partial charge >= 0.3 is 11.4 Å². The van der Waals surface area contributed by atoms with Gasteiger partial charge in [-0.3, -0.25) is 28.7 Å². The van der Waals surface area contributed by atoms with Crippen molar-refractivity contribution in [2.45, 2.75) is 63.2 Å². The lowest BCUT2D eigenvalue weighted by Gasteiger charge is -2.22. The van der Waals surface area contributed by atoms with Gasteiger partial charge in [-0.2, -0.15) is 0 Å². The highest BCUT2D eigenvalue weighted by atomic mass is 16.5. The SMILES string of the molecule is Cc1cn([C@H]2CC[C@@](/C=N/O)(CO)O2)c(=O)[nH]c1=O.Cc1cn([C@H]2CC[C@](/C=N\O)(CO)O2)c(=O)[nH]c1=O. The van der Waals surface area contributed by atoms with Gasteiger partial charge in [-0.1, -0.05) is 10.3 Å². The Morgan fingerprint density at radius 1 is 0.842 bits per heavy atom. The largest absolute Gasteiger partial charge is 0.411 e. The Bertz CT molecular complexity index is 1320. The first kappa shape index (κ1) is 28.7. The van der Waals surface area contributed by atoms with Crippen molar-refractivity contribution in [2.24, 2.45) is 10.3 Å². The Hall–Kier alpha value is -3.86. The van der Waals surface area contributed by atoms with Gasteiger partial charge in [0.15, 0.2) is 0 Å². The summed E-state index contributed by atoms with van der Waals surface area (Å²) in [4.78, 5) is 50.4. The lowest BCUT2D eigenvalue weighted by Crippen LogP contribution is -2.38. The molecule has 16 nitrogen and oxygen atoms in total. The van der Waals surface area contributed by atoms with E-state index < -0.39 is 46.2 Å². The molecule has 2 fully saturated rings. The average Bonchev–Trinajstić information content (AvgIpc) is 3.50. The zero-order chi connectivity index (χ0) is 28.1. The number of H-pyrrole nitrogens is 2. The molecule has 2 aliphatic heterocycles. The van der Waals surface area contributed by atoms with E-state index in [-0.39, 0.29) is 13.2 Å². The zero-order valence-electron chi connectivity index (χ0n) is 20.7. The van der Waals surface area contributed by atoms with Crippen LogP contribution in [0.25, 0.3) is 0 Å². The third-order valence-electron chi connectivity index (χ3n) is 6.40. The van der Waals surface area contributed by atoms with Crippen LogP contribution < -0.4 is 22.5 Å². The predicted octanol–water partition coefficient (Wildman–Crippen LogP) is -1.31. The summed E-state index contributed by atoms with van der Waals surface area (Å²) >= 11 is 0. The quantitative estimate of drug-likeness (QED) is 0.144. The molecule has 0 radical (unpaired) electrons. The van der Waals surface area contributed by atoms with Crippen molar-refractivity contribution in [2.75, 3.05) is 13.2 Å². The molecule has 0 bridgehead atoms. The van der Waals surface area contributed by atoms with Crippen LogP contribution in [0.15, 0.2) is 41.9 Å². The minimum atomic E-state index is -1.09. The maximum atomic E-state index is 11.7. The molecule has 0 aliphatic carbocycles. The van der Waals surface area contributed by atoms with Gasteiger partial charge in [0.1, 0.15) is 23.7 Å². The number of aromatic amines is 2. The molecule has 0 saturated carbocycles. The molecule has 0 spiro atoms. The number of aryl methyl sites for hydroxylation is 2. The molecule has 4 atom stereocenters. The molecule has 208 valence electrons. The van der Waals surface area contributed by atoms with Crippen molar-refractivity contribution < 1.29 is 30.1 Å². The molecule has 38 heavy (non-hydrogen) atoms. The molecule has 16 heteroatoms. The molecular formula is C22H30N6O10. The number of aliphatic hydroxyl groups excluding tert-OH is 2. The Labute approximate surface area is 214 Å². The maximum absolute atomic E-state index is 11.7. The summed E-state index contributed by atoms with van der Waals surface area (Å²) < 4.78 is 13.7. The van der Waals surface area contributed by atoms with Crippen molar-refractivity contribution >= 4 is 12.4 Å². The summed E-state index contributed by atoms with van der Waals surface area (Å²) in [6.07, 6.45) is 5.53. The minimum Gasteiger partial charge on any atom is -0.411 e. The van der Waals surface area contributed by atoms with Crippen LogP contribution in [-0.4, -0.2) is 76.6 Å². The summed E-state index contributed by atoms with van der Waals surface area (Å²) in [5, 5.41) is 41.5. The summed E-state index contributed by atoms with van der Waals surface area (Å²) in [7, 11) is 0. The second-order valence-corrected chi connectivity index (χ2v) is 9.11. The third-order valence-corrected chi connectivity index (χ3v) is 6.40. The molecule has 2 aromatic heterocycles. The van der Waals surface area contributed by atoms with Crippen LogP contribution >= 0.6 is 0 Å². The van der Waals surface area contributed by atoms with Crippen LogP contribution in [-0.2, 0) is 9.47 Å². The zero-order valence-corrected chi connectivity index (χ0v) is 20.7.